The quantitative estimate of drug-likeness (QED) is 0.351. The average Bonchev–Trinajstić information content (AvgIpc) is 2.91. The van der Waals surface area contributed by atoms with E-state index in [1.165, 1.54) is 13.8 Å². The molecule has 7 heteroatoms. The highest BCUT2D eigenvalue weighted by atomic mass is 19.4. The molecule has 4 nitrogen and oxygen atoms in total. The van der Waals surface area contributed by atoms with Crippen molar-refractivity contribution >= 4 is 5.97 Å². The van der Waals surface area contributed by atoms with Gasteiger partial charge in [0.25, 0.3) is 0 Å². The van der Waals surface area contributed by atoms with Crippen LogP contribution in [0.3, 0.4) is 0 Å². The van der Waals surface area contributed by atoms with Gasteiger partial charge in [0.2, 0.25) is 0 Å². The number of rotatable bonds is 6. The molecular weight excluding hydrogens is 385 g/mol. The van der Waals surface area contributed by atoms with E-state index in [1.54, 1.807) is 6.92 Å². The molecule has 3 atom stereocenters. The van der Waals surface area contributed by atoms with Crippen LogP contribution in [0.4, 0.5) is 13.2 Å². The van der Waals surface area contributed by atoms with Crippen molar-refractivity contribution in [2.24, 2.45) is 5.92 Å². The Bertz CT molecular complexity index is 604. The summed E-state index contributed by atoms with van der Waals surface area (Å²) in [7, 11) is 0. The average molecular weight is 421 g/mol. The molecule has 0 aromatic carbocycles. The summed E-state index contributed by atoms with van der Waals surface area (Å²) in [5.74, 6) is -0.329. The molecule has 168 valence electrons. The van der Waals surface area contributed by atoms with Gasteiger partial charge in [-0.1, -0.05) is 19.4 Å². The van der Waals surface area contributed by atoms with Crippen molar-refractivity contribution in [3.05, 3.63) is 12.2 Å². The number of hydrogen-bond donors (Lipinski definition) is 1. The van der Waals surface area contributed by atoms with E-state index in [9.17, 15) is 23.1 Å². The van der Waals surface area contributed by atoms with Gasteiger partial charge in [-0.25, -0.2) is 4.79 Å². The number of aliphatic hydroxyl groups is 1. The number of alkyl halides is 3. The maximum Gasteiger partial charge on any atom is 0.419 e. The zero-order chi connectivity index (χ0) is 22.1. The van der Waals surface area contributed by atoms with E-state index in [1.807, 2.05) is 0 Å². The van der Waals surface area contributed by atoms with E-state index in [0.29, 0.717) is 24.8 Å². The third-order valence-electron chi connectivity index (χ3n) is 6.91. The molecule has 0 spiro atoms. The summed E-state index contributed by atoms with van der Waals surface area (Å²) in [5.41, 5.74) is -5.07. The van der Waals surface area contributed by atoms with E-state index >= 15 is 0 Å². The van der Waals surface area contributed by atoms with E-state index in [0.717, 1.165) is 45.4 Å². The molecule has 0 saturated heterocycles. The van der Waals surface area contributed by atoms with Crippen LogP contribution < -0.4 is 0 Å². The molecule has 29 heavy (non-hydrogen) atoms. The highest BCUT2D eigenvalue weighted by molar-refractivity contribution is 5.87. The van der Waals surface area contributed by atoms with Crippen LogP contribution in [-0.4, -0.2) is 40.2 Å². The molecule has 0 aromatic heterocycles. The van der Waals surface area contributed by atoms with E-state index in [4.69, 9.17) is 9.47 Å². The zero-order valence-corrected chi connectivity index (χ0v) is 18.0. The Morgan fingerprint density at radius 3 is 2.14 bits per heavy atom. The lowest BCUT2D eigenvalue weighted by atomic mass is 9.78. The lowest BCUT2D eigenvalue weighted by molar-refractivity contribution is -0.333. The number of carbonyl (C=O) groups excluding carboxylic acids is 1. The molecule has 0 bridgehead atoms. The number of esters is 1. The minimum Gasteiger partial charge on any atom is -0.459 e. The maximum atomic E-state index is 13.5. The van der Waals surface area contributed by atoms with Gasteiger partial charge in [-0.15, -0.1) is 0 Å². The second kappa shape index (κ2) is 8.58. The van der Waals surface area contributed by atoms with Crippen LogP contribution in [-0.2, 0) is 14.3 Å². The summed E-state index contributed by atoms with van der Waals surface area (Å²) in [6.45, 7) is 8.66. The zero-order valence-electron chi connectivity index (χ0n) is 18.0. The number of halogens is 3. The van der Waals surface area contributed by atoms with Crippen LogP contribution in [0.5, 0.6) is 0 Å². The molecule has 2 aliphatic rings. The molecule has 3 unspecified atom stereocenters. The van der Waals surface area contributed by atoms with Gasteiger partial charge in [-0.3, -0.25) is 0 Å². The van der Waals surface area contributed by atoms with Gasteiger partial charge < -0.3 is 14.6 Å². The second-order valence-corrected chi connectivity index (χ2v) is 9.47. The fourth-order valence-corrected chi connectivity index (χ4v) is 4.68. The van der Waals surface area contributed by atoms with Gasteiger partial charge in [-0.2, -0.15) is 13.2 Å². The van der Waals surface area contributed by atoms with Gasteiger partial charge >= 0.3 is 12.1 Å². The van der Waals surface area contributed by atoms with Crippen LogP contribution in [0, 0.1) is 5.92 Å². The standard InChI is InChI=1S/C22H35F3O4/c1-15(2)18(26)28-17-10-8-9-16(11-12-17)21(13-6-7-14-21)29-19(3,4)20(5,27)22(23,24)25/h16-17,27H,1,6-14H2,2-5H3. The highest BCUT2D eigenvalue weighted by Gasteiger charge is 2.62. The Labute approximate surface area is 171 Å². The fraction of sp³-hybridized carbons (Fsp3) is 0.864. The largest absolute Gasteiger partial charge is 0.459 e. The van der Waals surface area contributed by atoms with Crippen molar-refractivity contribution in [2.45, 2.75) is 115 Å². The maximum absolute atomic E-state index is 13.5. The summed E-state index contributed by atoms with van der Waals surface area (Å²) in [5, 5.41) is 10.3. The van der Waals surface area contributed by atoms with Gasteiger partial charge in [0.05, 0.1) is 5.60 Å². The lowest BCUT2D eigenvalue weighted by Gasteiger charge is -2.49. The first-order valence-electron chi connectivity index (χ1n) is 10.6. The number of ether oxygens (including phenoxy) is 2. The van der Waals surface area contributed by atoms with E-state index in [2.05, 4.69) is 6.58 Å². The topological polar surface area (TPSA) is 55.8 Å². The van der Waals surface area contributed by atoms with Crippen LogP contribution in [0.25, 0.3) is 0 Å². The van der Waals surface area contributed by atoms with Crippen LogP contribution in [0.1, 0.15) is 85.5 Å². The Hall–Kier alpha value is -1.08. The summed E-state index contributed by atoms with van der Waals surface area (Å²) >= 11 is 0. The predicted molar refractivity (Wildman–Crippen MR) is 104 cm³/mol. The molecule has 0 aromatic rings. The monoisotopic (exact) mass is 420 g/mol. The molecule has 2 fully saturated rings. The van der Waals surface area contributed by atoms with Crippen LogP contribution >= 0.6 is 0 Å². The molecule has 0 heterocycles. The molecule has 2 rings (SSSR count). The van der Waals surface area contributed by atoms with Crippen molar-refractivity contribution in [2.75, 3.05) is 0 Å². The third kappa shape index (κ3) is 5.16. The van der Waals surface area contributed by atoms with Gasteiger partial charge in [0.1, 0.15) is 11.7 Å². The Kier molecular flexibility index (Phi) is 7.16. The minimum atomic E-state index is -4.79. The molecule has 2 aliphatic carbocycles. The Morgan fingerprint density at radius 2 is 1.62 bits per heavy atom. The van der Waals surface area contributed by atoms with Gasteiger partial charge in [0, 0.05) is 5.57 Å². The normalized spacial score (nSPS) is 27.7. The van der Waals surface area contributed by atoms with E-state index in [-0.39, 0.29) is 12.0 Å². The summed E-state index contributed by atoms with van der Waals surface area (Å²) < 4.78 is 52.2. The van der Waals surface area contributed by atoms with E-state index < -0.39 is 28.9 Å². The molecule has 1 N–H and O–H groups in total. The molecule has 0 aliphatic heterocycles. The highest BCUT2D eigenvalue weighted by Crippen LogP contribution is 2.50. The molecular formula is C22H35F3O4. The van der Waals surface area contributed by atoms with Gasteiger partial charge in [0.15, 0.2) is 5.60 Å². The summed E-state index contributed by atoms with van der Waals surface area (Å²) in [6, 6.07) is 0. The number of hydrogen-bond acceptors (Lipinski definition) is 4. The number of carbonyl (C=O) groups is 1. The Morgan fingerprint density at radius 1 is 1.03 bits per heavy atom. The van der Waals surface area contributed by atoms with Crippen LogP contribution in [0.15, 0.2) is 12.2 Å². The van der Waals surface area contributed by atoms with Crippen molar-refractivity contribution in [3.63, 3.8) is 0 Å². The van der Waals surface area contributed by atoms with Crippen LogP contribution in [0.2, 0.25) is 0 Å². The SMILES string of the molecule is C=C(C)C(=O)OC1CCCC(C2(OC(C)(C)C(C)(O)C(F)(F)F)CCCC2)CC1. The first-order chi connectivity index (χ1) is 13.2. The van der Waals surface area contributed by atoms with Crippen molar-refractivity contribution in [1.29, 1.82) is 0 Å². The first-order valence-corrected chi connectivity index (χ1v) is 10.6. The van der Waals surface area contributed by atoms with Crippen molar-refractivity contribution in [3.8, 4) is 0 Å². The smallest absolute Gasteiger partial charge is 0.419 e. The van der Waals surface area contributed by atoms with Crippen molar-refractivity contribution in [1.82, 2.24) is 0 Å². The second-order valence-electron chi connectivity index (χ2n) is 9.47. The lowest BCUT2D eigenvalue weighted by Crippen LogP contribution is -2.62. The first kappa shape index (κ1) is 24.2. The Balaban J connectivity index is 2.16. The van der Waals surface area contributed by atoms with Crippen molar-refractivity contribution < 1.29 is 32.5 Å². The summed E-state index contributed by atoms with van der Waals surface area (Å²) in [4.78, 5) is 11.8. The van der Waals surface area contributed by atoms with Gasteiger partial charge in [-0.05, 0) is 78.6 Å². The summed E-state index contributed by atoms with van der Waals surface area (Å²) in [6.07, 6.45) is 1.92. The minimum absolute atomic E-state index is 0.0711. The fourth-order valence-electron chi connectivity index (χ4n) is 4.68. The third-order valence-corrected chi connectivity index (χ3v) is 6.91. The molecule has 0 radical (unpaired) electrons. The molecule has 0 amide bonds. The molecule has 2 saturated carbocycles. The predicted octanol–water partition coefficient (Wildman–Crippen LogP) is 5.48.